The van der Waals surface area contributed by atoms with E-state index >= 15 is 0 Å². The molecule has 0 saturated carbocycles. The van der Waals surface area contributed by atoms with Crippen LogP contribution in [0.3, 0.4) is 0 Å². The zero-order valence-electron chi connectivity index (χ0n) is 11.1. The smallest absolute Gasteiger partial charge is 0.238 e. The molecule has 4 heteroatoms. The lowest BCUT2D eigenvalue weighted by molar-refractivity contribution is -0.115. The van der Waals surface area contributed by atoms with Gasteiger partial charge >= 0.3 is 0 Å². The Morgan fingerprint density at radius 3 is 2.40 bits per heavy atom. The normalized spacial score (nSPS) is 18.6. The zero-order chi connectivity index (χ0) is 14.1. The molecular formula is C16H15NO2S. The summed E-state index contributed by atoms with van der Waals surface area (Å²) in [4.78, 5) is 14.0. The predicted octanol–water partition coefficient (Wildman–Crippen LogP) is 3.48. The Balaban J connectivity index is 1.96. The van der Waals surface area contributed by atoms with Gasteiger partial charge in [-0.25, -0.2) is 0 Å². The Kier molecular flexibility index (Phi) is 3.40. The third-order valence-electron chi connectivity index (χ3n) is 3.36. The van der Waals surface area contributed by atoms with Crippen LogP contribution in [0.4, 0.5) is 5.69 Å². The molecule has 1 aliphatic heterocycles. The summed E-state index contributed by atoms with van der Waals surface area (Å²) in [5.41, 5.74) is 3.12. The average Bonchev–Trinajstić information content (AvgIpc) is 2.83. The van der Waals surface area contributed by atoms with E-state index in [0.717, 1.165) is 11.3 Å². The quantitative estimate of drug-likeness (QED) is 0.918. The largest absolute Gasteiger partial charge is 0.508 e. The van der Waals surface area contributed by atoms with Gasteiger partial charge in [0, 0.05) is 5.69 Å². The van der Waals surface area contributed by atoms with Gasteiger partial charge < -0.3 is 5.11 Å². The highest BCUT2D eigenvalue weighted by molar-refractivity contribution is 8.00. The van der Waals surface area contributed by atoms with Gasteiger partial charge in [-0.05, 0) is 36.8 Å². The van der Waals surface area contributed by atoms with Crippen LogP contribution in [0, 0.1) is 6.92 Å². The second kappa shape index (κ2) is 5.21. The maximum atomic E-state index is 12.2. The predicted molar refractivity (Wildman–Crippen MR) is 82.0 cm³/mol. The van der Waals surface area contributed by atoms with Gasteiger partial charge in [-0.3, -0.25) is 9.69 Å². The van der Waals surface area contributed by atoms with Crippen LogP contribution in [-0.4, -0.2) is 16.8 Å². The number of thioether (sulfide) groups is 1. The number of phenolic OH excluding ortho intramolecular Hbond substituents is 1. The van der Waals surface area contributed by atoms with Crippen molar-refractivity contribution in [2.75, 3.05) is 10.7 Å². The number of aryl methyl sites for hydroxylation is 1. The van der Waals surface area contributed by atoms with Gasteiger partial charge in [0.15, 0.2) is 0 Å². The van der Waals surface area contributed by atoms with Crippen LogP contribution >= 0.6 is 11.8 Å². The monoisotopic (exact) mass is 285 g/mol. The fourth-order valence-corrected chi connectivity index (χ4v) is 3.47. The molecule has 3 rings (SSSR count). The Labute approximate surface area is 122 Å². The van der Waals surface area contributed by atoms with Crippen LogP contribution in [0.2, 0.25) is 0 Å². The lowest BCUT2D eigenvalue weighted by Crippen LogP contribution is -2.27. The van der Waals surface area contributed by atoms with Crippen molar-refractivity contribution in [3.05, 3.63) is 59.7 Å². The van der Waals surface area contributed by atoms with Crippen LogP contribution in [0.25, 0.3) is 0 Å². The first-order chi connectivity index (χ1) is 9.65. The van der Waals surface area contributed by atoms with Crippen LogP contribution in [0.15, 0.2) is 48.5 Å². The molecule has 2 aromatic carbocycles. The van der Waals surface area contributed by atoms with Gasteiger partial charge in [-0.1, -0.05) is 29.8 Å². The molecule has 20 heavy (non-hydrogen) atoms. The average molecular weight is 285 g/mol. The molecule has 102 valence electrons. The van der Waals surface area contributed by atoms with E-state index in [4.69, 9.17) is 0 Å². The summed E-state index contributed by atoms with van der Waals surface area (Å²) < 4.78 is 0. The van der Waals surface area contributed by atoms with Crippen LogP contribution in [0.5, 0.6) is 5.75 Å². The number of amides is 1. The maximum Gasteiger partial charge on any atom is 0.238 e. The lowest BCUT2D eigenvalue weighted by Gasteiger charge is -2.24. The summed E-state index contributed by atoms with van der Waals surface area (Å²) in [7, 11) is 0. The van der Waals surface area contributed by atoms with Crippen molar-refractivity contribution in [3.8, 4) is 5.75 Å². The molecule has 1 aliphatic rings. The van der Waals surface area contributed by atoms with E-state index in [0.29, 0.717) is 5.75 Å². The van der Waals surface area contributed by atoms with E-state index in [-0.39, 0.29) is 17.0 Å². The van der Waals surface area contributed by atoms with E-state index in [1.807, 2.05) is 48.2 Å². The highest BCUT2D eigenvalue weighted by Crippen LogP contribution is 2.41. The first-order valence-corrected chi connectivity index (χ1v) is 7.49. The molecule has 0 aliphatic carbocycles. The molecule has 1 fully saturated rings. The third-order valence-corrected chi connectivity index (χ3v) is 4.57. The summed E-state index contributed by atoms with van der Waals surface area (Å²) >= 11 is 1.61. The van der Waals surface area contributed by atoms with Crippen molar-refractivity contribution < 1.29 is 9.90 Å². The number of benzene rings is 2. The van der Waals surface area contributed by atoms with Gasteiger partial charge in [0.25, 0.3) is 0 Å². The van der Waals surface area contributed by atoms with Crippen molar-refractivity contribution in [2.24, 2.45) is 0 Å². The number of rotatable bonds is 2. The fourth-order valence-electron chi connectivity index (χ4n) is 2.29. The number of carbonyl (C=O) groups excluding carboxylic acids is 1. The van der Waals surface area contributed by atoms with Crippen molar-refractivity contribution >= 4 is 23.4 Å². The first kappa shape index (κ1) is 13.1. The number of hydrogen-bond donors (Lipinski definition) is 1. The highest BCUT2D eigenvalue weighted by Gasteiger charge is 2.33. The molecule has 1 N–H and O–H groups in total. The Hall–Kier alpha value is -1.94. The van der Waals surface area contributed by atoms with Gasteiger partial charge in [0.05, 0.1) is 5.75 Å². The topological polar surface area (TPSA) is 40.5 Å². The van der Waals surface area contributed by atoms with E-state index in [2.05, 4.69) is 0 Å². The standard InChI is InChI=1S/C16H15NO2S/c1-11-2-6-13(7-3-11)17-15(19)10-20-16(17)12-4-8-14(18)9-5-12/h2-9,16,18H,10H2,1H3. The molecule has 1 saturated heterocycles. The molecule has 0 spiro atoms. The molecule has 1 atom stereocenters. The summed E-state index contributed by atoms with van der Waals surface area (Å²) in [6.07, 6.45) is 0. The van der Waals surface area contributed by atoms with Crippen molar-refractivity contribution in [1.82, 2.24) is 0 Å². The fraction of sp³-hybridized carbons (Fsp3) is 0.188. The molecule has 1 unspecified atom stereocenters. The molecule has 3 nitrogen and oxygen atoms in total. The lowest BCUT2D eigenvalue weighted by atomic mass is 10.1. The van der Waals surface area contributed by atoms with Crippen molar-refractivity contribution in [1.29, 1.82) is 0 Å². The Bertz CT molecular complexity index is 622. The minimum Gasteiger partial charge on any atom is -0.508 e. The van der Waals surface area contributed by atoms with Gasteiger partial charge in [-0.15, -0.1) is 11.8 Å². The van der Waals surface area contributed by atoms with E-state index in [1.54, 1.807) is 23.9 Å². The number of phenols is 1. The van der Waals surface area contributed by atoms with Crippen LogP contribution in [-0.2, 0) is 4.79 Å². The van der Waals surface area contributed by atoms with E-state index in [9.17, 15) is 9.90 Å². The number of aromatic hydroxyl groups is 1. The second-order valence-electron chi connectivity index (χ2n) is 4.85. The van der Waals surface area contributed by atoms with Crippen molar-refractivity contribution in [2.45, 2.75) is 12.3 Å². The van der Waals surface area contributed by atoms with E-state index < -0.39 is 0 Å². The molecule has 0 radical (unpaired) electrons. The van der Waals surface area contributed by atoms with Crippen LogP contribution in [0.1, 0.15) is 16.5 Å². The summed E-state index contributed by atoms with van der Waals surface area (Å²) in [6.45, 7) is 2.03. The van der Waals surface area contributed by atoms with E-state index in [1.165, 1.54) is 5.56 Å². The summed E-state index contributed by atoms with van der Waals surface area (Å²) in [5, 5.41) is 9.36. The number of nitrogens with zero attached hydrogens (tertiary/aromatic N) is 1. The molecule has 2 aromatic rings. The number of anilines is 1. The molecule has 1 heterocycles. The second-order valence-corrected chi connectivity index (χ2v) is 5.92. The third kappa shape index (κ3) is 2.39. The number of carbonyl (C=O) groups is 1. The molecule has 1 amide bonds. The SMILES string of the molecule is Cc1ccc(N2C(=O)CSC2c2ccc(O)cc2)cc1. The minimum atomic E-state index is -0.0224. The highest BCUT2D eigenvalue weighted by atomic mass is 32.2. The molecule has 0 bridgehead atoms. The Morgan fingerprint density at radius 1 is 1.10 bits per heavy atom. The first-order valence-electron chi connectivity index (χ1n) is 6.44. The van der Waals surface area contributed by atoms with Gasteiger partial charge in [0.1, 0.15) is 11.1 Å². The zero-order valence-corrected chi connectivity index (χ0v) is 11.9. The minimum absolute atomic E-state index is 0.0224. The van der Waals surface area contributed by atoms with Gasteiger partial charge in [0.2, 0.25) is 5.91 Å². The van der Waals surface area contributed by atoms with Crippen molar-refractivity contribution in [3.63, 3.8) is 0 Å². The molecule has 0 aromatic heterocycles. The number of hydrogen-bond acceptors (Lipinski definition) is 3. The van der Waals surface area contributed by atoms with Crippen LogP contribution < -0.4 is 4.90 Å². The van der Waals surface area contributed by atoms with Gasteiger partial charge in [-0.2, -0.15) is 0 Å². The summed E-state index contributed by atoms with van der Waals surface area (Å²) in [5.74, 6) is 0.848. The summed E-state index contributed by atoms with van der Waals surface area (Å²) in [6, 6.07) is 15.0. The molecular weight excluding hydrogens is 270 g/mol. The maximum absolute atomic E-state index is 12.2. The Morgan fingerprint density at radius 2 is 1.75 bits per heavy atom.